The Morgan fingerprint density at radius 3 is 2.55 bits per heavy atom. The molecule has 5 rings (SSSR count). The Bertz CT molecular complexity index is 1150. The van der Waals surface area contributed by atoms with Crippen LogP contribution in [0.25, 0.3) is 11.1 Å². The molecule has 3 heterocycles. The maximum absolute atomic E-state index is 14.7. The van der Waals surface area contributed by atoms with E-state index in [9.17, 15) is 13.6 Å². The van der Waals surface area contributed by atoms with Gasteiger partial charge < -0.3 is 10.1 Å². The van der Waals surface area contributed by atoms with Gasteiger partial charge in [0.25, 0.3) is 0 Å². The van der Waals surface area contributed by atoms with Crippen LogP contribution < -0.4 is 5.32 Å². The van der Waals surface area contributed by atoms with Crippen molar-refractivity contribution in [2.75, 3.05) is 5.32 Å². The van der Waals surface area contributed by atoms with E-state index in [1.54, 1.807) is 24.4 Å². The maximum atomic E-state index is 14.7. The fraction of sp³-hybridized carbons (Fsp3) is 0.280. The van der Waals surface area contributed by atoms with Crippen LogP contribution in [0.5, 0.6) is 0 Å². The Labute approximate surface area is 179 Å². The van der Waals surface area contributed by atoms with Crippen molar-refractivity contribution < 1.29 is 18.3 Å². The molecule has 0 unspecified atom stereocenters. The lowest BCUT2D eigenvalue weighted by molar-refractivity contribution is -0.121. The first-order chi connectivity index (χ1) is 15.0. The molecule has 2 fully saturated rings. The first kappa shape index (κ1) is 19.8. The number of amides is 1. The number of nitrogens with one attached hydrogen (secondary N) is 1. The number of rotatable bonds is 4. The Hall–Kier alpha value is -3.12. The zero-order valence-electron chi connectivity index (χ0n) is 17.0. The number of fused-ring (bicyclic) bond motifs is 2. The number of aromatic nitrogens is 1. The number of anilines is 1. The van der Waals surface area contributed by atoms with Crippen molar-refractivity contribution in [2.45, 2.75) is 37.9 Å². The van der Waals surface area contributed by atoms with Gasteiger partial charge >= 0.3 is 0 Å². The molecule has 3 aromatic rings. The number of carbonyl (C=O) groups is 1. The molecule has 0 radical (unpaired) electrons. The molecule has 158 valence electrons. The van der Waals surface area contributed by atoms with E-state index in [1.807, 2.05) is 19.1 Å². The summed E-state index contributed by atoms with van der Waals surface area (Å²) < 4.78 is 34.8. The van der Waals surface area contributed by atoms with E-state index in [1.165, 1.54) is 24.3 Å². The number of hydrogen-bond donors (Lipinski definition) is 1. The second-order valence-corrected chi connectivity index (χ2v) is 8.26. The summed E-state index contributed by atoms with van der Waals surface area (Å²) in [6, 6.07) is 14.3. The molecule has 4 nitrogen and oxygen atoms in total. The molecular formula is C25H22F2N2O2. The number of aryl methyl sites for hydroxylation is 1. The van der Waals surface area contributed by atoms with E-state index >= 15 is 0 Å². The molecular weight excluding hydrogens is 398 g/mol. The SMILES string of the molecule is Cc1ccnc([C@H]2[C@@H](C(=O)Nc3ccc(-c4ccccc4F)c(F)c3)[C@@H]3CC[C@@H]2O3)c1. The van der Waals surface area contributed by atoms with Crippen LogP contribution >= 0.6 is 0 Å². The molecule has 1 N–H and O–H groups in total. The summed E-state index contributed by atoms with van der Waals surface area (Å²) in [5, 5.41) is 2.84. The molecule has 2 bridgehead atoms. The third-order valence-electron chi connectivity index (χ3n) is 6.25. The van der Waals surface area contributed by atoms with Gasteiger partial charge in [0.2, 0.25) is 5.91 Å². The second-order valence-electron chi connectivity index (χ2n) is 8.26. The number of hydrogen-bond acceptors (Lipinski definition) is 3. The molecule has 0 spiro atoms. The highest BCUT2D eigenvalue weighted by Crippen LogP contribution is 2.48. The molecule has 0 saturated carbocycles. The Morgan fingerprint density at radius 2 is 1.77 bits per heavy atom. The van der Waals surface area contributed by atoms with Gasteiger partial charge in [-0.2, -0.15) is 0 Å². The molecule has 1 aromatic heterocycles. The summed E-state index contributed by atoms with van der Waals surface area (Å²) in [6.45, 7) is 1.99. The van der Waals surface area contributed by atoms with Crippen LogP contribution in [0.2, 0.25) is 0 Å². The van der Waals surface area contributed by atoms with Gasteiger partial charge in [-0.05, 0) is 61.7 Å². The molecule has 1 amide bonds. The zero-order valence-corrected chi connectivity index (χ0v) is 17.0. The summed E-state index contributed by atoms with van der Waals surface area (Å²) in [7, 11) is 0. The highest BCUT2D eigenvalue weighted by molar-refractivity contribution is 5.94. The third kappa shape index (κ3) is 3.61. The van der Waals surface area contributed by atoms with Gasteiger partial charge in [0.1, 0.15) is 11.6 Å². The van der Waals surface area contributed by atoms with E-state index < -0.39 is 11.6 Å². The predicted molar refractivity (Wildman–Crippen MR) is 114 cm³/mol. The largest absolute Gasteiger partial charge is 0.373 e. The van der Waals surface area contributed by atoms with Crippen LogP contribution in [0, 0.1) is 24.5 Å². The molecule has 2 aliphatic rings. The Balaban J connectivity index is 1.39. The van der Waals surface area contributed by atoms with Crippen molar-refractivity contribution in [3.8, 4) is 11.1 Å². The lowest BCUT2D eigenvalue weighted by Gasteiger charge is -2.27. The van der Waals surface area contributed by atoms with Gasteiger partial charge in [0.15, 0.2) is 0 Å². The number of pyridine rings is 1. The smallest absolute Gasteiger partial charge is 0.230 e. The lowest BCUT2D eigenvalue weighted by Crippen LogP contribution is -2.36. The second kappa shape index (κ2) is 7.85. The van der Waals surface area contributed by atoms with Crippen LogP contribution in [0.4, 0.5) is 14.5 Å². The number of carbonyl (C=O) groups excluding carboxylic acids is 1. The van der Waals surface area contributed by atoms with Crippen LogP contribution in [0.15, 0.2) is 60.8 Å². The average Bonchev–Trinajstić information content (AvgIpc) is 3.36. The Kier molecular flexibility index (Phi) is 5.02. The van der Waals surface area contributed by atoms with Crippen molar-refractivity contribution in [1.29, 1.82) is 0 Å². The number of benzene rings is 2. The summed E-state index contributed by atoms with van der Waals surface area (Å²) in [4.78, 5) is 17.7. The minimum Gasteiger partial charge on any atom is -0.373 e. The quantitative estimate of drug-likeness (QED) is 0.628. The normalized spacial score (nSPS) is 24.4. The maximum Gasteiger partial charge on any atom is 0.230 e. The van der Waals surface area contributed by atoms with E-state index in [0.717, 1.165) is 24.1 Å². The van der Waals surface area contributed by atoms with Gasteiger partial charge in [-0.3, -0.25) is 9.78 Å². The Morgan fingerprint density at radius 1 is 1.00 bits per heavy atom. The molecule has 2 aliphatic heterocycles. The highest BCUT2D eigenvalue weighted by Gasteiger charge is 2.53. The van der Waals surface area contributed by atoms with Crippen LogP contribution in [-0.4, -0.2) is 23.1 Å². The fourth-order valence-electron chi connectivity index (χ4n) is 4.84. The van der Waals surface area contributed by atoms with E-state index in [-0.39, 0.29) is 41.1 Å². The molecule has 2 aromatic carbocycles. The van der Waals surface area contributed by atoms with Crippen LogP contribution in [0.3, 0.4) is 0 Å². The predicted octanol–water partition coefficient (Wildman–Crippen LogP) is 5.23. The molecule has 0 aliphatic carbocycles. The van der Waals surface area contributed by atoms with Crippen molar-refractivity contribution in [3.05, 3.63) is 83.7 Å². The van der Waals surface area contributed by atoms with Crippen molar-refractivity contribution in [1.82, 2.24) is 4.98 Å². The molecule has 6 heteroatoms. The average molecular weight is 420 g/mol. The van der Waals surface area contributed by atoms with Gasteiger partial charge in [-0.1, -0.05) is 18.2 Å². The molecule has 2 saturated heterocycles. The minimum atomic E-state index is -0.594. The zero-order chi connectivity index (χ0) is 21.5. The van der Waals surface area contributed by atoms with Crippen LogP contribution in [0.1, 0.15) is 30.0 Å². The molecule has 4 atom stereocenters. The summed E-state index contributed by atoms with van der Waals surface area (Å²) in [6.07, 6.45) is 3.28. The van der Waals surface area contributed by atoms with E-state index in [0.29, 0.717) is 5.69 Å². The van der Waals surface area contributed by atoms with Crippen LogP contribution in [-0.2, 0) is 9.53 Å². The van der Waals surface area contributed by atoms with Gasteiger partial charge in [0.05, 0.1) is 18.1 Å². The van der Waals surface area contributed by atoms with Gasteiger partial charge in [-0.25, -0.2) is 8.78 Å². The van der Waals surface area contributed by atoms with Crippen molar-refractivity contribution >= 4 is 11.6 Å². The van der Waals surface area contributed by atoms with Gasteiger partial charge in [-0.15, -0.1) is 0 Å². The summed E-state index contributed by atoms with van der Waals surface area (Å²) in [5.74, 6) is -1.81. The minimum absolute atomic E-state index is 0.0322. The molecule has 31 heavy (non-hydrogen) atoms. The standard InChI is InChI=1S/C25H22F2N2O2/c1-14-10-11-28-20(12-14)23-21-8-9-22(31-21)24(23)25(30)29-15-6-7-17(19(27)13-15)16-4-2-3-5-18(16)26/h2-7,10-13,21-24H,8-9H2,1H3,(H,29,30)/t21-,22-,23+,24-/m0/s1. The number of nitrogens with zero attached hydrogens (tertiary/aromatic N) is 1. The monoisotopic (exact) mass is 420 g/mol. The first-order valence-electron chi connectivity index (χ1n) is 10.4. The lowest BCUT2D eigenvalue weighted by atomic mass is 9.76. The fourth-order valence-corrected chi connectivity index (χ4v) is 4.84. The first-order valence-corrected chi connectivity index (χ1v) is 10.4. The third-order valence-corrected chi connectivity index (χ3v) is 6.25. The summed E-state index contributed by atoms with van der Waals surface area (Å²) in [5.41, 5.74) is 2.61. The summed E-state index contributed by atoms with van der Waals surface area (Å²) >= 11 is 0. The van der Waals surface area contributed by atoms with Crippen molar-refractivity contribution in [3.63, 3.8) is 0 Å². The topological polar surface area (TPSA) is 51.2 Å². The number of ether oxygens (including phenoxy) is 1. The van der Waals surface area contributed by atoms with Gasteiger partial charge in [0, 0.05) is 34.6 Å². The van der Waals surface area contributed by atoms with E-state index in [4.69, 9.17) is 4.74 Å². The number of halogens is 2. The van der Waals surface area contributed by atoms with E-state index in [2.05, 4.69) is 10.3 Å². The highest BCUT2D eigenvalue weighted by atomic mass is 19.1. The van der Waals surface area contributed by atoms with Crippen molar-refractivity contribution in [2.24, 2.45) is 5.92 Å².